The van der Waals surface area contributed by atoms with Crippen molar-refractivity contribution in [2.24, 2.45) is 0 Å². The zero-order chi connectivity index (χ0) is 9.97. The van der Waals surface area contributed by atoms with Gasteiger partial charge in [0, 0.05) is 14.1 Å². The van der Waals surface area contributed by atoms with Crippen LogP contribution >= 0.6 is 0 Å². The predicted octanol–water partition coefficient (Wildman–Crippen LogP) is 2.41. The molecular weight excluding hydrogens is 176 g/mol. The van der Waals surface area contributed by atoms with E-state index in [9.17, 15) is 0 Å². The van der Waals surface area contributed by atoms with E-state index in [1.807, 2.05) is 49.3 Å². The van der Waals surface area contributed by atoms with Crippen LogP contribution in [0.1, 0.15) is 0 Å². The van der Waals surface area contributed by atoms with Crippen molar-refractivity contribution in [2.45, 2.75) is 0 Å². The molecule has 0 fully saturated rings. The van der Waals surface area contributed by atoms with Crippen LogP contribution in [0.5, 0.6) is 0 Å². The second-order valence-corrected chi connectivity index (χ2v) is 3.25. The molecule has 0 radical (unpaired) electrons. The first-order valence-electron chi connectivity index (χ1n) is 4.45. The molecule has 14 heavy (non-hydrogen) atoms. The van der Waals surface area contributed by atoms with E-state index in [1.165, 1.54) is 0 Å². The maximum atomic E-state index is 5.27. The number of rotatable bonds is 2. The summed E-state index contributed by atoms with van der Waals surface area (Å²) in [5.41, 5.74) is 0.862. The number of nitrogens with zero attached hydrogens (tertiary/aromatic N) is 2. The van der Waals surface area contributed by atoms with Crippen molar-refractivity contribution in [1.29, 1.82) is 0 Å². The van der Waals surface area contributed by atoms with Crippen molar-refractivity contribution < 1.29 is 4.42 Å². The molecule has 0 aliphatic rings. The molecule has 0 aliphatic carbocycles. The lowest BCUT2D eigenvalue weighted by atomic mass is 10.3. The molecule has 72 valence electrons. The highest BCUT2D eigenvalue weighted by Crippen LogP contribution is 2.19. The second-order valence-electron chi connectivity index (χ2n) is 3.25. The van der Waals surface area contributed by atoms with Crippen molar-refractivity contribution in [1.82, 2.24) is 4.98 Å². The van der Waals surface area contributed by atoms with Gasteiger partial charge in [-0.3, -0.25) is 0 Å². The maximum Gasteiger partial charge on any atom is 0.152 e. The summed E-state index contributed by atoms with van der Waals surface area (Å²) in [6, 6.07) is 9.64. The Morgan fingerprint density at radius 2 is 2.00 bits per heavy atom. The maximum absolute atomic E-state index is 5.27. The van der Waals surface area contributed by atoms with E-state index >= 15 is 0 Å². The molecule has 3 heteroatoms. The molecule has 0 saturated carbocycles. The van der Waals surface area contributed by atoms with E-state index in [0.717, 1.165) is 17.3 Å². The Bertz CT molecular complexity index is 407. The van der Waals surface area contributed by atoms with Crippen molar-refractivity contribution >= 4 is 5.82 Å². The standard InChI is InChI=1S/C11H12N2O/c1-13(2)11-7-3-5-9(12-11)10-6-4-8-14-10/h3-8H,1-2H3. The monoisotopic (exact) mass is 188 g/mol. The number of anilines is 1. The summed E-state index contributed by atoms with van der Waals surface area (Å²) in [5, 5.41) is 0. The quantitative estimate of drug-likeness (QED) is 0.724. The van der Waals surface area contributed by atoms with Gasteiger partial charge in [-0.1, -0.05) is 6.07 Å². The van der Waals surface area contributed by atoms with Crippen molar-refractivity contribution in [3.05, 3.63) is 36.6 Å². The number of hydrogen-bond donors (Lipinski definition) is 0. The zero-order valence-electron chi connectivity index (χ0n) is 8.27. The van der Waals surface area contributed by atoms with Crippen LogP contribution in [0.2, 0.25) is 0 Å². The van der Waals surface area contributed by atoms with Gasteiger partial charge >= 0.3 is 0 Å². The van der Waals surface area contributed by atoms with E-state index < -0.39 is 0 Å². The Kier molecular flexibility index (Phi) is 2.23. The summed E-state index contributed by atoms with van der Waals surface area (Å²) >= 11 is 0. The van der Waals surface area contributed by atoms with Gasteiger partial charge in [-0.15, -0.1) is 0 Å². The molecule has 2 aromatic heterocycles. The molecule has 0 atom stereocenters. The minimum absolute atomic E-state index is 0.800. The smallest absolute Gasteiger partial charge is 0.152 e. The average molecular weight is 188 g/mol. The first-order valence-corrected chi connectivity index (χ1v) is 4.45. The topological polar surface area (TPSA) is 29.3 Å². The summed E-state index contributed by atoms with van der Waals surface area (Å²) in [5.74, 6) is 1.73. The summed E-state index contributed by atoms with van der Waals surface area (Å²) in [4.78, 5) is 6.41. The number of pyridine rings is 1. The first-order chi connectivity index (χ1) is 6.77. The molecule has 2 aromatic rings. The normalized spacial score (nSPS) is 10.1. The fourth-order valence-electron chi connectivity index (χ4n) is 1.23. The largest absolute Gasteiger partial charge is 0.463 e. The van der Waals surface area contributed by atoms with E-state index in [1.54, 1.807) is 6.26 Å². The van der Waals surface area contributed by atoms with Crippen LogP contribution in [-0.2, 0) is 0 Å². The van der Waals surface area contributed by atoms with Gasteiger partial charge in [0.2, 0.25) is 0 Å². The van der Waals surface area contributed by atoms with Gasteiger partial charge in [0.15, 0.2) is 5.76 Å². The lowest BCUT2D eigenvalue weighted by Crippen LogP contribution is -2.10. The molecule has 2 heterocycles. The Hall–Kier alpha value is -1.77. The molecule has 0 aliphatic heterocycles. The molecule has 0 unspecified atom stereocenters. The molecule has 3 nitrogen and oxygen atoms in total. The van der Waals surface area contributed by atoms with E-state index in [0.29, 0.717) is 0 Å². The Morgan fingerprint density at radius 1 is 1.14 bits per heavy atom. The molecular formula is C11H12N2O. The Labute approximate surface area is 83.0 Å². The highest BCUT2D eigenvalue weighted by molar-refractivity contribution is 5.55. The number of hydrogen-bond acceptors (Lipinski definition) is 3. The zero-order valence-corrected chi connectivity index (χ0v) is 8.27. The van der Waals surface area contributed by atoms with Gasteiger partial charge in [0.05, 0.1) is 6.26 Å². The van der Waals surface area contributed by atoms with Gasteiger partial charge in [0.25, 0.3) is 0 Å². The minimum atomic E-state index is 0.800. The predicted molar refractivity (Wildman–Crippen MR) is 56.3 cm³/mol. The second kappa shape index (κ2) is 3.54. The molecule has 0 aromatic carbocycles. The SMILES string of the molecule is CN(C)c1cccc(-c2ccco2)n1. The summed E-state index contributed by atoms with van der Waals surface area (Å²) in [6.07, 6.45) is 1.65. The third kappa shape index (κ3) is 1.62. The Balaban J connectivity index is 2.41. The third-order valence-electron chi connectivity index (χ3n) is 1.97. The van der Waals surface area contributed by atoms with E-state index in [-0.39, 0.29) is 0 Å². The van der Waals surface area contributed by atoms with Crippen LogP contribution in [0.4, 0.5) is 5.82 Å². The third-order valence-corrected chi connectivity index (χ3v) is 1.97. The highest BCUT2D eigenvalue weighted by Gasteiger charge is 2.03. The van der Waals surface area contributed by atoms with Crippen LogP contribution in [0.3, 0.4) is 0 Å². The lowest BCUT2D eigenvalue weighted by molar-refractivity contribution is 0.580. The van der Waals surface area contributed by atoms with Gasteiger partial charge in [-0.2, -0.15) is 0 Å². The van der Waals surface area contributed by atoms with Gasteiger partial charge in [0.1, 0.15) is 11.5 Å². The van der Waals surface area contributed by atoms with Gasteiger partial charge in [-0.25, -0.2) is 4.98 Å². The molecule has 0 bridgehead atoms. The molecule has 0 amide bonds. The summed E-state index contributed by atoms with van der Waals surface area (Å²) < 4.78 is 5.27. The van der Waals surface area contributed by atoms with Crippen LogP contribution in [0.15, 0.2) is 41.0 Å². The fraction of sp³-hybridized carbons (Fsp3) is 0.182. The average Bonchev–Trinajstić information content (AvgIpc) is 2.71. The van der Waals surface area contributed by atoms with Crippen LogP contribution in [-0.4, -0.2) is 19.1 Å². The van der Waals surface area contributed by atoms with Crippen LogP contribution in [0, 0.1) is 0 Å². The van der Waals surface area contributed by atoms with Crippen molar-refractivity contribution in [2.75, 3.05) is 19.0 Å². The Morgan fingerprint density at radius 3 is 2.64 bits per heavy atom. The number of aromatic nitrogens is 1. The fourth-order valence-corrected chi connectivity index (χ4v) is 1.23. The van der Waals surface area contributed by atoms with Gasteiger partial charge < -0.3 is 9.32 Å². The van der Waals surface area contributed by atoms with E-state index in [4.69, 9.17) is 4.42 Å². The minimum Gasteiger partial charge on any atom is -0.463 e. The van der Waals surface area contributed by atoms with Crippen LogP contribution in [0.25, 0.3) is 11.5 Å². The highest BCUT2D eigenvalue weighted by atomic mass is 16.3. The molecule has 2 rings (SSSR count). The summed E-state index contributed by atoms with van der Waals surface area (Å²) in [6.45, 7) is 0. The molecule has 0 saturated heterocycles. The molecule has 0 spiro atoms. The first kappa shape index (κ1) is 8.81. The lowest BCUT2D eigenvalue weighted by Gasteiger charge is -2.11. The number of furan rings is 1. The van der Waals surface area contributed by atoms with Crippen LogP contribution < -0.4 is 4.90 Å². The summed E-state index contributed by atoms with van der Waals surface area (Å²) in [7, 11) is 3.93. The van der Waals surface area contributed by atoms with E-state index in [2.05, 4.69) is 4.98 Å². The molecule has 0 N–H and O–H groups in total. The van der Waals surface area contributed by atoms with Gasteiger partial charge in [-0.05, 0) is 24.3 Å². The van der Waals surface area contributed by atoms with Crippen molar-refractivity contribution in [3.63, 3.8) is 0 Å². The van der Waals surface area contributed by atoms with Crippen molar-refractivity contribution in [3.8, 4) is 11.5 Å².